The number of H-pyrrole nitrogens is 1. The minimum absolute atomic E-state index is 0.0797. The van der Waals surface area contributed by atoms with E-state index in [1.807, 2.05) is 4.57 Å². The van der Waals surface area contributed by atoms with Crippen molar-refractivity contribution in [2.24, 2.45) is 17.6 Å². The second kappa shape index (κ2) is 8.43. The number of halogens is 1. The number of hydrogen-bond donors (Lipinski definition) is 2. The molecule has 170 valence electrons. The molecule has 10 nitrogen and oxygen atoms in total. The van der Waals surface area contributed by atoms with Gasteiger partial charge in [0.2, 0.25) is 17.6 Å². The van der Waals surface area contributed by atoms with Gasteiger partial charge >= 0.3 is 5.76 Å². The van der Waals surface area contributed by atoms with Crippen molar-refractivity contribution in [3.8, 4) is 22.9 Å². The maximum atomic E-state index is 11.8. The SMILES string of the molecule is CC1CCC(Cn2cnc3nc(-c4noc(=O)[nH]4)nc(-c4cc(Cl)cc(C(N)=O)c4)c32)CC1. The Morgan fingerprint density at radius 1 is 1.24 bits per heavy atom. The van der Waals surface area contributed by atoms with E-state index in [0.717, 1.165) is 25.3 Å². The number of benzene rings is 1. The first-order chi connectivity index (χ1) is 15.9. The van der Waals surface area contributed by atoms with E-state index in [4.69, 9.17) is 17.3 Å². The number of nitrogens with one attached hydrogen (secondary N) is 1. The lowest BCUT2D eigenvalue weighted by atomic mass is 9.83. The van der Waals surface area contributed by atoms with Gasteiger partial charge in [0.25, 0.3) is 0 Å². The van der Waals surface area contributed by atoms with Crippen LogP contribution >= 0.6 is 11.6 Å². The van der Waals surface area contributed by atoms with E-state index in [-0.39, 0.29) is 17.2 Å². The van der Waals surface area contributed by atoms with Crippen molar-refractivity contribution in [1.82, 2.24) is 29.7 Å². The van der Waals surface area contributed by atoms with Crippen LogP contribution in [0, 0.1) is 11.8 Å². The molecule has 1 fully saturated rings. The van der Waals surface area contributed by atoms with Crippen molar-refractivity contribution in [1.29, 1.82) is 0 Å². The molecule has 1 aromatic carbocycles. The second-order valence-corrected chi connectivity index (χ2v) is 9.06. The number of primary amides is 1. The van der Waals surface area contributed by atoms with E-state index in [1.165, 1.54) is 18.9 Å². The van der Waals surface area contributed by atoms with Crippen LogP contribution in [-0.4, -0.2) is 35.6 Å². The van der Waals surface area contributed by atoms with E-state index in [1.54, 1.807) is 18.5 Å². The van der Waals surface area contributed by atoms with Crippen LogP contribution in [0.4, 0.5) is 0 Å². The Hall–Kier alpha value is -3.53. The molecular formula is C22H22ClN7O3. The highest BCUT2D eigenvalue weighted by Crippen LogP contribution is 2.33. The third-order valence-electron chi connectivity index (χ3n) is 6.17. The first-order valence-electron chi connectivity index (χ1n) is 10.8. The number of amides is 1. The van der Waals surface area contributed by atoms with E-state index >= 15 is 0 Å². The Bertz CT molecular complexity index is 1400. The minimum Gasteiger partial charge on any atom is -0.366 e. The van der Waals surface area contributed by atoms with Crippen LogP contribution in [0.25, 0.3) is 34.1 Å². The number of nitrogens with zero attached hydrogens (tertiary/aromatic N) is 5. The third kappa shape index (κ3) is 4.25. The average molecular weight is 468 g/mol. The fourth-order valence-corrected chi connectivity index (χ4v) is 4.64. The molecule has 11 heteroatoms. The van der Waals surface area contributed by atoms with Crippen LogP contribution in [0.1, 0.15) is 43.0 Å². The molecule has 1 aliphatic carbocycles. The van der Waals surface area contributed by atoms with Gasteiger partial charge in [-0.05, 0) is 42.9 Å². The predicted octanol–water partition coefficient (Wildman–Crippen LogP) is 3.42. The molecule has 0 aliphatic heterocycles. The van der Waals surface area contributed by atoms with E-state index in [9.17, 15) is 9.59 Å². The minimum atomic E-state index is -0.717. The molecule has 0 bridgehead atoms. The zero-order valence-electron chi connectivity index (χ0n) is 17.9. The predicted molar refractivity (Wildman–Crippen MR) is 122 cm³/mol. The highest BCUT2D eigenvalue weighted by molar-refractivity contribution is 6.31. The third-order valence-corrected chi connectivity index (χ3v) is 6.39. The molecule has 1 saturated carbocycles. The van der Waals surface area contributed by atoms with Gasteiger partial charge in [-0.1, -0.05) is 36.5 Å². The van der Waals surface area contributed by atoms with Crippen molar-refractivity contribution >= 4 is 28.7 Å². The molecule has 33 heavy (non-hydrogen) atoms. The molecule has 0 atom stereocenters. The number of aromatic nitrogens is 6. The summed E-state index contributed by atoms with van der Waals surface area (Å²) >= 11 is 6.29. The quantitative estimate of drug-likeness (QED) is 0.457. The summed E-state index contributed by atoms with van der Waals surface area (Å²) < 4.78 is 6.66. The maximum Gasteiger partial charge on any atom is 0.439 e. The Labute approximate surface area is 193 Å². The van der Waals surface area contributed by atoms with Gasteiger partial charge < -0.3 is 10.3 Å². The molecule has 0 saturated heterocycles. The van der Waals surface area contributed by atoms with Crippen molar-refractivity contribution in [3.05, 3.63) is 45.7 Å². The van der Waals surface area contributed by atoms with Crippen LogP contribution in [-0.2, 0) is 6.54 Å². The normalized spacial score (nSPS) is 18.6. The fourth-order valence-electron chi connectivity index (χ4n) is 4.41. The first kappa shape index (κ1) is 21.3. The van der Waals surface area contributed by atoms with Gasteiger partial charge in [-0.3, -0.25) is 14.3 Å². The zero-order valence-corrected chi connectivity index (χ0v) is 18.7. The Balaban J connectivity index is 1.67. The number of imidazole rings is 1. The Morgan fingerprint density at radius 3 is 2.73 bits per heavy atom. The highest BCUT2D eigenvalue weighted by Gasteiger charge is 2.23. The van der Waals surface area contributed by atoms with Crippen molar-refractivity contribution in [3.63, 3.8) is 0 Å². The standard InChI is InChI=1S/C22H22ClN7O3/c1-11-2-4-12(5-3-11)9-30-10-25-19-17(30)16(13-6-14(18(24)31)8-15(23)7-13)26-20(27-19)21-28-22(32)33-29-21/h6-8,10-12H,2-5,9H2,1H3,(H2,24,31)(H,28,29,32). The summed E-state index contributed by atoms with van der Waals surface area (Å²) in [4.78, 5) is 39.4. The van der Waals surface area contributed by atoms with E-state index < -0.39 is 11.7 Å². The molecular weight excluding hydrogens is 446 g/mol. The number of nitrogens with two attached hydrogens (primary N) is 1. The molecule has 1 amide bonds. The van der Waals surface area contributed by atoms with Crippen LogP contribution in [0.5, 0.6) is 0 Å². The molecule has 0 unspecified atom stereocenters. The van der Waals surface area contributed by atoms with Crippen LogP contribution in [0.2, 0.25) is 5.02 Å². The van der Waals surface area contributed by atoms with Crippen molar-refractivity contribution in [2.45, 2.75) is 39.2 Å². The Morgan fingerprint density at radius 2 is 2.03 bits per heavy atom. The lowest BCUT2D eigenvalue weighted by molar-refractivity contribution is 0.100. The number of fused-ring (bicyclic) bond motifs is 1. The smallest absolute Gasteiger partial charge is 0.366 e. The number of aromatic amines is 1. The van der Waals surface area contributed by atoms with Gasteiger partial charge in [-0.2, -0.15) is 0 Å². The monoisotopic (exact) mass is 467 g/mol. The zero-order chi connectivity index (χ0) is 23.1. The lowest BCUT2D eigenvalue weighted by Crippen LogP contribution is -2.17. The molecule has 0 radical (unpaired) electrons. The summed E-state index contributed by atoms with van der Waals surface area (Å²) in [6.45, 7) is 3.07. The van der Waals surface area contributed by atoms with Crippen LogP contribution in [0.3, 0.4) is 0 Å². The molecule has 5 rings (SSSR count). The van der Waals surface area contributed by atoms with E-state index in [2.05, 4.69) is 36.5 Å². The summed E-state index contributed by atoms with van der Waals surface area (Å²) in [6.07, 6.45) is 6.47. The largest absolute Gasteiger partial charge is 0.439 e. The second-order valence-electron chi connectivity index (χ2n) is 8.63. The van der Waals surface area contributed by atoms with Gasteiger partial charge in [0, 0.05) is 22.7 Å². The summed E-state index contributed by atoms with van der Waals surface area (Å²) in [6, 6.07) is 4.83. The molecule has 3 heterocycles. The maximum absolute atomic E-state index is 11.8. The van der Waals surface area contributed by atoms with Crippen molar-refractivity contribution in [2.75, 3.05) is 0 Å². The summed E-state index contributed by atoms with van der Waals surface area (Å²) in [7, 11) is 0. The average Bonchev–Trinajstić information content (AvgIpc) is 3.40. The number of rotatable bonds is 5. The topological polar surface area (TPSA) is 146 Å². The molecule has 1 aliphatic rings. The van der Waals surface area contributed by atoms with Crippen LogP contribution < -0.4 is 11.5 Å². The highest BCUT2D eigenvalue weighted by atomic mass is 35.5. The summed E-state index contributed by atoms with van der Waals surface area (Å²) in [5.74, 6) is 0.182. The first-order valence-corrected chi connectivity index (χ1v) is 11.1. The van der Waals surface area contributed by atoms with Gasteiger partial charge in [0.15, 0.2) is 5.65 Å². The number of carbonyl (C=O) groups is 1. The lowest BCUT2D eigenvalue weighted by Gasteiger charge is -2.26. The van der Waals surface area contributed by atoms with Gasteiger partial charge in [0.05, 0.1) is 6.33 Å². The van der Waals surface area contributed by atoms with Gasteiger partial charge in [-0.25, -0.2) is 19.7 Å². The number of carbonyl (C=O) groups excluding carboxylic acids is 1. The summed E-state index contributed by atoms with van der Waals surface area (Å²) in [5, 5.41) is 4.04. The van der Waals surface area contributed by atoms with Crippen molar-refractivity contribution < 1.29 is 9.32 Å². The Kier molecular flexibility index (Phi) is 5.45. The van der Waals surface area contributed by atoms with Gasteiger partial charge in [-0.15, -0.1) is 0 Å². The van der Waals surface area contributed by atoms with Gasteiger partial charge in [0.1, 0.15) is 11.2 Å². The van der Waals surface area contributed by atoms with E-state index in [0.29, 0.717) is 33.4 Å². The summed E-state index contributed by atoms with van der Waals surface area (Å²) in [5.41, 5.74) is 7.98. The molecule has 0 spiro atoms. The molecule has 3 aromatic heterocycles. The number of hydrogen-bond acceptors (Lipinski definition) is 7. The molecule has 4 aromatic rings. The van der Waals surface area contributed by atoms with Crippen LogP contribution in [0.15, 0.2) is 33.8 Å². The fraction of sp³-hybridized carbons (Fsp3) is 0.364. The molecule has 3 N–H and O–H groups in total.